The van der Waals surface area contributed by atoms with Crippen LogP contribution >= 0.6 is 0 Å². The number of nitrogens with zero attached hydrogens (tertiary/aromatic N) is 1. The molecule has 144 valence electrons. The van der Waals surface area contributed by atoms with Gasteiger partial charge in [0.05, 0.1) is 17.0 Å². The number of ether oxygens (including phenoxy) is 1. The summed E-state index contributed by atoms with van der Waals surface area (Å²) in [5, 5.41) is 11.6. The number of halogens is 1. The van der Waals surface area contributed by atoms with E-state index < -0.39 is 29.2 Å². The van der Waals surface area contributed by atoms with Crippen molar-refractivity contribution in [3.05, 3.63) is 65.5 Å². The molecule has 2 aromatic carbocycles. The third kappa shape index (κ3) is 3.89. The minimum absolute atomic E-state index is 0.326. The van der Waals surface area contributed by atoms with Crippen LogP contribution < -0.4 is 5.32 Å². The largest absolute Gasteiger partial charge is 0.452 e. The highest BCUT2D eigenvalue weighted by atomic mass is 19.1. The summed E-state index contributed by atoms with van der Waals surface area (Å²) in [4.78, 5) is 25.4. The number of nitrogens with one attached hydrogen (secondary N) is 1. The maximum absolute atomic E-state index is 14.4. The third-order valence-corrected chi connectivity index (χ3v) is 5.15. The van der Waals surface area contributed by atoms with Crippen LogP contribution in [0.15, 0.2) is 48.5 Å². The Labute approximate surface area is 163 Å². The molecule has 1 fully saturated rings. The first kappa shape index (κ1) is 19.6. The fourth-order valence-electron chi connectivity index (χ4n) is 3.65. The summed E-state index contributed by atoms with van der Waals surface area (Å²) in [6.45, 7) is 1.48. The van der Waals surface area contributed by atoms with Crippen molar-refractivity contribution >= 4 is 17.6 Å². The van der Waals surface area contributed by atoms with Gasteiger partial charge in [-0.1, -0.05) is 37.1 Å². The average Bonchev–Trinajstić information content (AvgIpc) is 3.19. The van der Waals surface area contributed by atoms with Crippen LogP contribution in [0.2, 0.25) is 0 Å². The predicted molar refractivity (Wildman–Crippen MR) is 102 cm³/mol. The van der Waals surface area contributed by atoms with E-state index in [4.69, 9.17) is 10.00 Å². The van der Waals surface area contributed by atoms with Crippen LogP contribution in [0.3, 0.4) is 0 Å². The average molecular weight is 380 g/mol. The monoisotopic (exact) mass is 380 g/mol. The summed E-state index contributed by atoms with van der Waals surface area (Å²) >= 11 is 0. The van der Waals surface area contributed by atoms with Gasteiger partial charge in [-0.2, -0.15) is 5.26 Å². The zero-order valence-electron chi connectivity index (χ0n) is 15.6. The van der Waals surface area contributed by atoms with Crippen LogP contribution in [0.5, 0.6) is 0 Å². The van der Waals surface area contributed by atoms with Gasteiger partial charge >= 0.3 is 5.97 Å². The van der Waals surface area contributed by atoms with Gasteiger partial charge in [0.1, 0.15) is 5.82 Å². The molecule has 0 radical (unpaired) electrons. The molecule has 0 spiro atoms. The normalized spacial score (nSPS) is 16.0. The molecule has 0 aromatic heterocycles. The van der Waals surface area contributed by atoms with Crippen LogP contribution in [-0.4, -0.2) is 18.0 Å². The standard InChI is InChI=1S/C22H21FN2O3/c1-15(20(26)25-17-8-6-7-16(13-17)14-24)28-21(27)22(11-4-5-12-22)18-9-2-3-10-19(18)23/h2-3,6-10,13,15H,4-5,11-12H2,1H3,(H,25,26)/t15-/m1/s1. The Morgan fingerprint density at radius 1 is 1.18 bits per heavy atom. The molecule has 0 heterocycles. The molecule has 1 N–H and O–H groups in total. The molecule has 1 atom stereocenters. The smallest absolute Gasteiger partial charge is 0.317 e. The maximum Gasteiger partial charge on any atom is 0.317 e. The summed E-state index contributed by atoms with van der Waals surface area (Å²) in [7, 11) is 0. The first-order chi connectivity index (χ1) is 13.5. The van der Waals surface area contributed by atoms with Crippen LogP contribution in [0.4, 0.5) is 10.1 Å². The molecule has 0 saturated heterocycles. The molecule has 6 heteroatoms. The van der Waals surface area contributed by atoms with E-state index in [1.165, 1.54) is 19.1 Å². The van der Waals surface area contributed by atoms with Gasteiger partial charge in [-0.05, 0) is 44.0 Å². The topological polar surface area (TPSA) is 79.2 Å². The number of hydrogen-bond donors (Lipinski definition) is 1. The van der Waals surface area contributed by atoms with Gasteiger partial charge in [0, 0.05) is 11.3 Å². The molecule has 2 aromatic rings. The lowest BCUT2D eigenvalue weighted by Crippen LogP contribution is -2.40. The summed E-state index contributed by atoms with van der Waals surface area (Å²) in [5.41, 5.74) is 0.121. The third-order valence-electron chi connectivity index (χ3n) is 5.15. The molecule has 1 aliphatic carbocycles. The number of rotatable bonds is 5. The summed E-state index contributed by atoms with van der Waals surface area (Å²) < 4.78 is 19.8. The van der Waals surface area contributed by atoms with E-state index in [1.807, 2.05) is 6.07 Å². The van der Waals surface area contributed by atoms with E-state index in [0.717, 1.165) is 12.8 Å². The van der Waals surface area contributed by atoms with Gasteiger partial charge < -0.3 is 10.1 Å². The van der Waals surface area contributed by atoms with Gasteiger partial charge in [-0.3, -0.25) is 9.59 Å². The molecular formula is C22H21FN2O3. The quantitative estimate of drug-likeness (QED) is 0.793. The maximum atomic E-state index is 14.4. The van der Waals surface area contributed by atoms with Crippen LogP contribution in [-0.2, 0) is 19.7 Å². The van der Waals surface area contributed by atoms with Gasteiger partial charge in [0.2, 0.25) is 0 Å². The Kier molecular flexibility index (Phi) is 5.74. The minimum Gasteiger partial charge on any atom is -0.452 e. The number of carbonyl (C=O) groups excluding carboxylic acids is 2. The lowest BCUT2D eigenvalue weighted by Gasteiger charge is -2.29. The Morgan fingerprint density at radius 2 is 1.89 bits per heavy atom. The van der Waals surface area contributed by atoms with Crippen LogP contribution in [0.25, 0.3) is 0 Å². The highest BCUT2D eigenvalue weighted by Crippen LogP contribution is 2.43. The van der Waals surface area contributed by atoms with E-state index >= 15 is 0 Å². The first-order valence-corrected chi connectivity index (χ1v) is 9.23. The van der Waals surface area contributed by atoms with E-state index in [2.05, 4.69) is 5.32 Å². The lowest BCUT2D eigenvalue weighted by molar-refractivity contribution is -0.159. The molecule has 1 amide bonds. The van der Waals surface area contributed by atoms with Crippen LogP contribution in [0.1, 0.15) is 43.7 Å². The van der Waals surface area contributed by atoms with Crippen LogP contribution in [0, 0.1) is 17.1 Å². The summed E-state index contributed by atoms with van der Waals surface area (Å²) in [5.74, 6) is -1.53. The van der Waals surface area contributed by atoms with Gasteiger partial charge in [-0.15, -0.1) is 0 Å². The molecule has 0 bridgehead atoms. The minimum atomic E-state index is -1.05. The fraction of sp³-hybridized carbons (Fsp3) is 0.318. The predicted octanol–water partition coefficient (Wildman–Crippen LogP) is 4.08. The molecule has 1 aliphatic rings. The molecule has 1 saturated carbocycles. The Morgan fingerprint density at radius 3 is 2.57 bits per heavy atom. The van der Waals surface area contributed by atoms with E-state index in [1.54, 1.807) is 36.4 Å². The first-order valence-electron chi connectivity index (χ1n) is 9.23. The Hall–Kier alpha value is -3.20. The zero-order valence-corrected chi connectivity index (χ0v) is 15.6. The van der Waals surface area contributed by atoms with Crippen molar-refractivity contribution in [2.45, 2.75) is 44.1 Å². The number of amides is 1. The molecule has 5 nitrogen and oxygen atoms in total. The van der Waals surface area contributed by atoms with Gasteiger partial charge in [-0.25, -0.2) is 4.39 Å². The molecule has 0 unspecified atom stereocenters. The Bertz CT molecular complexity index is 929. The van der Waals surface area contributed by atoms with Crippen molar-refractivity contribution in [3.63, 3.8) is 0 Å². The number of nitriles is 1. The number of hydrogen-bond acceptors (Lipinski definition) is 4. The van der Waals surface area contributed by atoms with Gasteiger partial charge in [0.15, 0.2) is 6.10 Å². The number of anilines is 1. The van der Waals surface area contributed by atoms with E-state index in [-0.39, 0.29) is 0 Å². The Balaban J connectivity index is 1.74. The van der Waals surface area contributed by atoms with Crippen molar-refractivity contribution in [3.8, 4) is 6.07 Å². The number of benzene rings is 2. The van der Waals surface area contributed by atoms with E-state index in [9.17, 15) is 14.0 Å². The van der Waals surface area contributed by atoms with Crippen molar-refractivity contribution in [2.75, 3.05) is 5.32 Å². The molecule has 3 rings (SSSR count). The fourth-order valence-corrected chi connectivity index (χ4v) is 3.65. The van der Waals surface area contributed by atoms with Crippen molar-refractivity contribution in [1.82, 2.24) is 0 Å². The van der Waals surface area contributed by atoms with E-state index in [0.29, 0.717) is 29.7 Å². The second-order valence-electron chi connectivity index (χ2n) is 7.00. The SMILES string of the molecule is C[C@@H](OC(=O)C1(c2ccccc2F)CCCC1)C(=O)Nc1cccc(C#N)c1. The number of carbonyl (C=O) groups is 2. The summed E-state index contributed by atoms with van der Waals surface area (Å²) in [6, 6.07) is 14.7. The lowest BCUT2D eigenvalue weighted by atomic mass is 9.78. The molecular weight excluding hydrogens is 359 g/mol. The van der Waals surface area contributed by atoms with Crippen molar-refractivity contribution < 1.29 is 18.7 Å². The van der Waals surface area contributed by atoms with Gasteiger partial charge in [0.25, 0.3) is 5.91 Å². The summed E-state index contributed by atoms with van der Waals surface area (Å²) in [6.07, 6.45) is 1.52. The second kappa shape index (κ2) is 8.22. The second-order valence-corrected chi connectivity index (χ2v) is 7.00. The van der Waals surface area contributed by atoms with Crippen molar-refractivity contribution in [1.29, 1.82) is 5.26 Å². The highest BCUT2D eigenvalue weighted by Gasteiger charge is 2.46. The highest BCUT2D eigenvalue weighted by molar-refractivity contribution is 5.96. The molecule has 0 aliphatic heterocycles. The number of esters is 1. The molecule has 28 heavy (non-hydrogen) atoms. The van der Waals surface area contributed by atoms with Crippen molar-refractivity contribution in [2.24, 2.45) is 0 Å². The zero-order chi connectivity index (χ0) is 20.1.